The number of ether oxygens (including phenoxy) is 1. The molecule has 136 valence electrons. The molecule has 5 heteroatoms. The van der Waals surface area contributed by atoms with Crippen LogP contribution in [0.2, 0.25) is 0 Å². The fourth-order valence-corrected chi connectivity index (χ4v) is 2.82. The third-order valence-electron chi connectivity index (χ3n) is 4.25. The average molecular weight is 343 g/mol. The van der Waals surface area contributed by atoms with Crippen molar-refractivity contribution in [2.45, 2.75) is 20.3 Å². The van der Waals surface area contributed by atoms with Crippen molar-refractivity contribution in [3.8, 4) is 5.69 Å². The lowest BCUT2D eigenvalue weighted by Gasteiger charge is -2.26. The lowest BCUT2D eigenvalue weighted by atomic mass is 10.1. The lowest BCUT2D eigenvalue weighted by molar-refractivity contribution is 0.0384. The van der Waals surface area contributed by atoms with E-state index >= 15 is 0 Å². The lowest BCUT2D eigenvalue weighted by Crippen LogP contribution is -2.37. The van der Waals surface area contributed by atoms with Gasteiger partial charge in [-0.1, -0.05) is 26.0 Å². The summed E-state index contributed by atoms with van der Waals surface area (Å²) >= 11 is 0. The average Bonchev–Trinajstić information content (AvgIpc) is 2.69. The second-order valence-electron chi connectivity index (χ2n) is 5.72. The number of pyridine rings is 1. The van der Waals surface area contributed by atoms with E-state index in [0.717, 1.165) is 45.0 Å². The van der Waals surface area contributed by atoms with E-state index in [4.69, 9.17) is 4.74 Å². The third kappa shape index (κ3) is 5.18. The molecule has 0 saturated carbocycles. The summed E-state index contributed by atoms with van der Waals surface area (Å²) in [5.41, 5.74) is 2.75. The van der Waals surface area contributed by atoms with Crippen LogP contribution in [-0.4, -0.2) is 49.4 Å². The molecule has 0 aliphatic carbocycles. The molecule has 1 aromatic heterocycles. The van der Waals surface area contributed by atoms with Crippen molar-refractivity contribution in [3.05, 3.63) is 58.5 Å². The molecule has 0 amide bonds. The van der Waals surface area contributed by atoms with Crippen LogP contribution in [0, 0.1) is 0 Å². The third-order valence-corrected chi connectivity index (χ3v) is 4.25. The zero-order chi connectivity index (χ0) is 18.1. The Morgan fingerprint density at radius 1 is 1.08 bits per heavy atom. The molecule has 5 nitrogen and oxygen atoms in total. The highest BCUT2D eigenvalue weighted by Gasteiger charge is 2.10. The quantitative estimate of drug-likeness (QED) is 0.907. The van der Waals surface area contributed by atoms with Gasteiger partial charge in [0, 0.05) is 38.6 Å². The number of anilines is 1. The molecule has 1 aliphatic heterocycles. The minimum Gasteiger partial charge on any atom is -0.384 e. The molecule has 1 saturated heterocycles. The first-order valence-corrected chi connectivity index (χ1v) is 9.07. The largest absolute Gasteiger partial charge is 0.384 e. The number of nitrogens with one attached hydrogen (secondary N) is 1. The van der Waals surface area contributed by atoms with Gasteiger partial charge in [-0.25, -0.2) is 0 Å². The van der Waals surface area contributed by atoms with E-state index in [0.29, 0.717) is 5.69 Å². The van der Waals surface area contributed by atoms with Gasteiger partial charge in [0.25, 0.3) is 5.56 Å². The number of hydrogen-bond donors (Lipinski definition) is 1. The van der Waals surface area contributed by atoms with Gasteiger partial charge in [0.05, 0.1) is 13.2 Å². The Hall–Kier alpha value is -2.11. The van der Waals surface area contributed by atoms with Gasteiger partial charge in [0.1, 0.15) is 5.69 Å². The van der Waals surface area contributed by atoms with E-state index in [9.17, 15) is 4.79 Å². The molecule has 0 bridgehead atoms. The standard InChI is InChI=1S/C18H23N3O2.C2H6/c1-19-17-3-2-9-21(18(17)22)16-6-4-15(5-7-16)8-10-20-11-13-23-14-12-20;1-2/h2-7,9,19H,8,10-14H2,1H3;1-2H3. The number of rotatable bonds is 5. The molecule has 2 aromatic rings. The van der Waals surface area contributed by atoms with E-state index < -0.39 is 0 Å². The minimum atomic E-state index is -0.0314. The summed E-state index contributed by atoms with van der Waals surface area (Å²) in [5, 5.41) is 2.92. The highest BCUT2D eigenvalue weighted by atomic mass is 16.5. The van der Waals surface area contributed by atoms with Crippen molar-refractivity contribution in [3.63, 3.8) is 0 Å². The summed E-state index contributed by atoms with van der Waals surface area (Å²) in [6, 6.07) is 11.9. The van der Waals surface area contributed by atoms with Crippen LogP contribution in [0.25, 0.3) is 5.69 Å². The maximum atomic E-state index is 12.3. The number of aromatic nitrogens is 1. The van der Waals surface area contributed by atoms with Crippen LogP contribution < -0.4 is 10.9 Å². The Labute approximate surface area is 150 Å². The first-order valence-electron chi connectivity index (χ1n) is 9.07. The predicted octanol–water partition coefficient (Wildman–Crippen LogP) is 2.78. The fourth-order valence-electron chi connectivity index (χ4n) is 2.82. The zero-order valence-corrected chi connectivity index (χ0v) is 15.5. The van der Waals surface area contributed by atoms with Gasteiger partial charge in [-0.3, -0.25) is 14.3 Å². The SMILES string of the molecule is CC.CNc1cccn(-c2ccc(CCN3CCOCC3)cc2)c1=O. The first-order chi connectivity index (χ1) is 12.3. The normalized spacial score (nSPS) is 14.5. The molecule has 1 N–H and O–H groups in total. The summed E-state index contributed by atoms with van der Waals surface area (Å²) < 4.78 is 7.03. The first kappa shape index (κ1) is 19.2. The second kappa shape index (κ2) is 10.0. The highest BCUT2D eigenvalue weighted by molar-refractivity contribution is 5.44. The van der Waals surface area contributed by atoms with Crippen LogP contribution in [0.5, 0.6) is 0 Å². The molecule has 2 heterocycles. The molecule has 3 rings (SSSR count). The van der Waals surface area contributed by atoms with Gasteiger partial charge in [-0.2, -0.15) is 0 Å². The van der Waals surface area contributed by atoms with Crippen molar-refractivity contribution in [2.75, 3.05) is 45.2 Å². The fraction of sp³-hybridized carbons (Fsp3) is 0.450. The van der Waals surface area contributed by atoms with Crippen molar-refractivity contribution in [1.29, 1.82) is 0 Å². The summed E-state index contributed by atoms with van der Waals surface area (Å²) in [5.74, 6) is 0. The van der Waals surface area contributed by atoms with Crippen LogP contribution in [0.3, 0.4) is 0 Å². The minimum absolute atomic E-state index is 0.0314. The van der Waals surface area contributed by atoms with Gasteiger partial charge in [0.15, 0.2) is 0 Å². The van der Waals surface area contributed by atoms with Crippen LogP contribution in [0.1, 0.15) is 19.4 Å². The van der Waals surface area contributed by atoms with E-state index in [1.807, 2.05) is 32.0 Å². The van der Waals surface area contributed by atoms with E-state index in [1.165, 1.54) is 5.56 Å². The molecular weight excluding hydrogens is 314 g/mol. The summed E-state index contributed by atoms with van der Waals surface area (Å²) in [6.45, 7) is 8.76. The van der Waals surface area contributed by atoms with Crippen LogP contribution in [-0.2, 0) is 11.2 Å². The molecule has 1 fully saturated rings. The van der Waals surface area contributed by atoms with Crippen molar-refractivity contribution >= 4 is 5.69 Å². The van der Waals surface area contributed by atoms with Crippen LogP contribution in [0.4, 0.5) is 5.69 Å². The Bertz CT molecular complexity index is 689. The Morgan fingerprint density at radius 3 is 2.40 bits per heavy atom. The smallest absolute Gasteiger partial charge is 0.278 e. The van der Waals surface area contributed by atoms with Crippen molar-refractivity contribution in [2.24, 2.45) is 0 Å². The van der Waals surface area contributed by atoms with Gasteiger partial charge in [-0.05, 0) is 36.2 Å². The maximum Gasteiger partial charge on any atom is 0.278 e. The Balaban J connectivity index is 0.00000109. The van der Waals surface area contributed by atoms with Crippen molar-refractivity contribution < 1.29 is 4.74 Å². The van der Waals surface area contributed by atoms with Crippen molar-refractivity contribution in [1.82, 2.24) is 9.47 Å². The van der Waals surface area contributed by atoms with Gasteiger partial charge in [-0.15, -0.1) is 0 Å². The monoisotopic (exact) mass is 343 g/mol. The van der Waals surface area contributed by atoms with Crippen LogP contribution >= 0.6 is 0 Å². The number of hydrogen-bond acceptors (Lipinski definition) is 4. The maximum absolute atomic E-state index is 12.3. The van der Waals surface area contributed by atoms with Gasteiger partial charge in [0.2, 0.25) is 0 Å². The summed E-state index contributed by atoms with van der Waals surface area (Å²) in [7, 11) is 1.76. The molecule has 0 unspecified atom stereocenters. The molecule has 1 aromatic carbocycles. The highest BCUT2D eigenvalue weighted by Crippen LogP contribution is 2.11. The number of nitrogens with zero attached hydrogens (tertiary/aromatic N) is 2. The predicted molar refractivity (Wildman–Crippen MR) is 104 cm³/mol. The molecular formula is C20H29N3O2. The molecule has 1 aliphatic rings. The van der Waals surface area contributed by atoms with E-state index in [1.54, 1.807) is 23.9 Å². The summed E-state index contributed by atoms with van der Waals surface area (Å²) in [6.07, 6.45) is 2.82. The molecule has 0 radical (unpaired) electrons. The summed E-state index contributed by atoms with van der Waals surface area (Å²) in [4.78, 5) is 14.7. The van der Waals surface area contributed by atoms with E-state index in [2.05, 4.69) is 22.3 Å². The Morgan fingerprint density at radius 2 is 1.76 bits per heavy atom. The number of benzene rings is 1. The topological polar surface area (TPSA) is 46.5 Å². The zero-order valence-electron chi connectivity index (χ0n) is 15.5. The number of morpholine rings is 1. The van der Waals surface area contributed by atoms with Gasteiger partial charge >= 0.3 is 0 Å². The van der Waals surface area contributed by atoms with Crippen LogP contribution in [0.15, 0.2) is 47.4 Å². The molecule has 25 heavy (non-hydrogen) atoms. The molecule has 0 spiro atoms. The van der Waals surface area contributed by atoms with Gasteiger partial charge < -0.3 is 10.1 Å². The molecule has 0 atom stereocenters. The van der Waals surface area contributed by atoms with E-state index in [-0.39, 0.29) is 5.56 Å². The second-order valence-corrected chi connectivity index (χ2v) is 5.72. The Kier molecular flexibility index (Phi) is 7.70.